The molecule has 9 nitrogen and oxygen atoms in total. The van der Waals surface area contributed by atoms with E-state index in [1.807, 2.05) is 12.1 Å². The third kappa shape index (κ3) is 4.43. The van der Waals surface area contributed by atoms with E-state index >= 15 is 0 Å². The molecule has 148 valence electrons. The van der Waals surface area contributed by atoms with Crippen molar-refractivity contribution in [3.63, 3.8) is 0 Å². The van der Waals surface area contributed by atoms with Crippen molar-refractivity contribution in [2.75, 3.05) is 14.2 Å². The molecule has 2 atom stereocenters. The summed E-state index contributed by atoms with van der Waals surface area (Å²) in [5.41, 5.74) is 0.571. The molecule has 9 heteroatoms. The van der Waals surface area contributed by atoms with Crippen LogP contribution in [0.25, 0.3) is 10.9 Å². The third-order valence-electron chi connectivity index (χ3n) is 4.35. The number of rotatable bonds is 7. The Balaban J connectivity index is 2.29. The van der Waals surface area contributed by atoms with E-state index in [1.54, 1.807) is 18.2 Å². The van der Waals surface area contributed by atoms with Crippen molar-refractivity contribution in [1.29, 1.82) is 0 Å². The van der Waals surface area contributed by atoms with Gasteiger partial charge in [-0.2, -0.15) is 0 Å². The van der Waals surface area contributed by atoms with Crippen LogP contribution < -0.4 is 5.32 Å². The van der Waals surface area contributed by atoms with Gasteiger partial charge in [0, 0.05) is 11.3 Å². The van der Waals surface area contributed by atoms with Crippen molar-refractivity contribution in [1.82, 2.24) is 10.3 Å². The summed E-state index contributed by atoms with van der Waals surface area (Å²) in [4.78, 5) is 52.3. The van der Waals surface area contributed by atoms with Crippen LogP contribution in [0.3, 0.4) is 0 Å². The standard InChI is InChI=1S/C19H20N2O7/c1-10(14(18(25)27-2)19(26)28-3)15(17(23)24)21-16(22)13-9-8-11-6-4-5-7-12(11)20-13/h4-10,14-15H,1-3H3,(H,21,22)(H,23,24)/t10-,15-/m0/s1. The number of amides is 1. The number of hydrogen-bond acceptors (Lipinski definition) is 7. The van der Waals surface area contributed by atoms with E-state index in [0.29, 0.717) is 5.52 Å². The molecule has 1 aromatic heterocycles. The summed E-state index contributed by atoms with van der Waals surface area (Å²) in [6.07, 6.45) is 0. The maximum absolute atomic E-state index is 12.5. The zero-order chi connectivity index (χ0) is 20.8. The summed E-state index contributed by atoms with van der Waals surface area (Å²) in [6.45, 7) is 1.34. The summed E-state index contributed by atoms with van der Waals surface area (Å²) in [5.74, 6) is -6.73. The van der Waals surface area contributed by atoms with Crippen molar-refractivity contribution < 1.29 is 33.8 Å². The number of hydrogen-bond donors (Lipinski definition) is 2. The van der Waals surface area contributed by atoms with Crippen molar-refractivity contribution in [3.8, 4) is 0 Å². The number of nitrogens with zero attached hydrogens (tertiary/aromatic N) is 1. The van der Waals surface area contributed by atoms with Crippen molar-refractivity contribution in [2.45, 2.75) is 13.0 Å². The molecular weight excluding hydrogens is 368 g/mol. The van der Waals surface area contributed by atoms with Crippen LogP contribution in [0.5, 0.6) is 0 Å². The first-order valence-electron chi connectivity index (χ1n) is 8.35. The summed E-state index contributed by atoms with van der Waals surface area (Å²) in [7, 11) is 2.14. The molecule has 0 unspecified atom stereocenters. The lowest BCUT2D eigenvalue weighted by Gasteiger charge is -2.25. The van der Waals surface area contributed by atoms with Crippen LogP contribution in [0.1, 0.15) is 17.4 Å². The van der Waals surface area contributed by atoms with Gasteiger partial charge < -0.3 is 19.9 Å². The van der Waals surface area contributed by atoms with Crippen LogP contribution in [-0.4, -0.2) is 54.2 Å². The highest BCUT2D eigenvalue weighted by Gasteiger charge is 2.42. The summed E-state index contributed by atoms with van der Waals surface area (Å²) in [6, 6.07) is 8.71. The average molecular weight is 388 g/mol. The maximum Gasteiger partial charge on any atom is 0.326 e. The molecule has 0 bridgehead atoms. The quantitative estimate of drug-likeness (QED) is 0.531. The number of esters is 2. The van der Waals surface area contributed by atoms with E-state index in [-0.39, 0.29) is 5.69 Å². The first-order valence-corrected chi connectivity index (χ1v) is 8.35. The number of carboxylic acid groups (broad SMARTS) is 1. The Kier molecular flexibility index (Phi) is 6.64. The summed E-state index contributed by atoms with van der Waals surface area (Å²) >= 11 is 0. The molecule has 1 aromatic carbocycles. The Morgan fingerprint density at radius 3 is 2.18 bits per heavy atom. The van der Waals surface area contributed by atoms with E-state index in [0.717, 1.165) is 19.6 Å². The van der Waals surface area contributed by atoms with Gasteiger partial charge in [0.05, 0.1) is 19.7 Å². The number of carboxylic acids is 1. The number of methoxy groups -OCH3 is 2. The van der Waals surface area contributed by atoms with Gasteiger partial charge in [-0.3, -0.25) is 14.4 Å². The fourth-order valence-corrected chi connectivity index (χ4v) is 2.80. The molecule has 0 spiro atoms. The number of nitrogens with one attached hydrogen (secondary N) is 1. The molecule has 0 saturated heterocycles. The minimum Gasteiger partial charge on any atom is -0.480 e. The first-order chi connectivity index (χ1) is 13.3. The van der Waals surface area contributed by atoms with E-state index in [2.05, 4.69) is 19.8 Å². The highest BCUT2D eigenvalue weighted by molar-refractivity contribution is 5.99. The van der Waals surface area contributed by atoms with Gasteiger partial charge >= 0.3 is 17.9 Å². The topological polar surface area (TPSA) is 132 Å². The van der Waals surface area contributed by atoms with Gasteiger partial charge in [-0.1, -0.05) is 31.2 Å². The van der Waals surface area contributed by atoms with Gasteiger partial charge in [0.2, 0.25) is 0 Å². The molecule has 1 amide bonds. The van der Waals surface area contributed by atoms with Gasteiger partial charge in [-0.05, 0) is 12.1 Å². The lowest BCUT2D eigenvalue weighted by molar-refractivity contribution is -0.162. The number of carbonyl (C=O) groups is 4. The van der Waals surface area contributed by atoms with Crippen LogP contribution in [0, 0.1) is 11.8 Å². The molecule has 1 heterocycles. The molecule has 0 aliphatic rings. The molecule has 28 heavy (non-hydrogen) atoms. The molecule has 0 radical (unpaired) electrons. The third-order valence-corrected chi connectivity index (χ3v) is 4.35. The van der Waals surface area contributed by atoms with Crippen LogP contribution in [0.2, 0.25) is 0 Å². The lowest BCUT2D eigenvalue weighted by Crippen LogP contribution is -2.50. The van der Waals surface area contributed by atoms with Crippen LogP contribution >= 0.6 is 0 Å². The highest BCUT2D eigenvalue weighted by Crippen LogP contribution is 2.20. The van der Waals surface area contributed by atoms with E-state index in [9.17, 15) is 24.3 Å². The Morgan fingerprint density at radius 1 is 1.00 bits per heavy atom. The molecule has 2 aromatic rings. The second-order valence-corrected chi connectivity index (χ2v) is 6.06. The molecule has 0 fully saturated rings. The largest absolute Gasteiger partial charge is 0.480 e. The number of aliphatic carboxylic acids is 1. The SMILES string of the molecule is COC(=O)C(C(=O)OC)[C@H](C)[C@H](NC(=O)c1ccc2ccccc2n1)C(=O)O. The lowest BCUT2D eigenvalue weighted by atomic mass is 9.87. The smallest absolute Gasteiger partial charge is 0.326 e. The number of fused-ring (bicyclic) bond motifs is 1. The van der Waals surface area contributed by atoms with E-state index < -0.39 is 41.7 Å². The number of para-hydroxylation sites is 1. The van der Waals surface area contributed by atoms with Gasteiger partial charge in [-0.15, -0.1) is 0 Å². The van der Waals surface area contributed by atoms with Crippen molar-refractivity contribution >= 4 is 34.7 Å². The Morgan fingerprint density at radius 2 is 1.61 bits per heavy atom. The predicted octanol–water partition coefficient (Wildman–Crippen LogP) is 1.02. The first kappa shape index (κ1) is 20.8. The second kappa shape index (κ2) is 8.94. The summed E-state index contributed by atoms with van der Waals surface area (Å²) in [5, 5.41) is 12.7. The number of benzene rings is 1. The summed E-state index contributed by atoms with van der Waals surface area (Å²) < 4.78 is 9.13. The average Bonchev–Trinajstić information content (AvgIpc) is 2.70. The fourth-order valence-electron chi connectivity index (χ4n) is 2.80. The number of ether oxygens (including phenoxy) is 2. The normalized spacial score (nSPS) is 12.9. The van der Waals surface area contributed by atoms with Crippen LogP contribution in [0.15, 0.2) is 36.4 Å². The number of carbonyl (C=O) groups excluding carboxylic acids is 3. The molecule has 0 saturated carbocycles. The van der Waals surface area contributed by atoms with Gasteiger partial charge in [0.25, 0.3) is 5.91 Å². The maximum atomic E-state index is 12.5. The fraction of sp³-hybridized carbons (Fsp3) is 0.316. The van der Waals surface area contributed by atoms with E-state index in [1.165, 1.54) is 13.0 Å². The number of aromatic nitrogens is 1. The van der Waals surface area contributed by atoms with Crippen molar-refractivity contribution in [2.24, 2.45) is 11.8 Å². The molecule has 2 N–H and O–H groups in total. The zero-order valence-electron chi connectivity index (χ0n) is 15.5. The number of pyridine rings is 1. The minimum atomic E-state index is -1.55. The zero-order valence-corrected chi connectivity index (χ0v) is 15.5. The van der Waals surface area contributed by atoms with Gasteiger partial charge in [0.1, 0.15) is 11.7 Å². The highest BCUT2D eigenvalue weighted by atomic mass is 16.5. The predicted molar refractivity (Wildman–Crippen MR) is 97.3 cm³/mol. The van der Waals surface area contributed by atoms with Crippen LogP contribution in [0.4, 0.5) is 0 Å². The molecule has 0 aliphatic heterocycles. The van der Waals surface area contributed by atoms with Gasteiger partial charge in [-0.25, -0.2) is 9.78 Å². The Bertz CT molecular complexity index is 896. The molecule has 2 rings (SSSR count). The van der Waals surface area contributed by atoms with Crippen molar-refractivity contribution in [3.05, 3.63) is 42.1 Å². The monoisotopic (exact) mass is 388 g/mol. The van der Waals surface area contributed by atoms with E-state index in [4.69, 9.17) is 0 Å². The Labute approximate surface area is 160 Å². The minimum absolute atomic E-state index is 0.00448. The Hall–Kier alpha value is -3.49. The molecule has 0 aliphatic carbocycles. The molecular formula is C19H20N2O7. The second-order valence-electron chi connectivity index (χ2n) is 6.06. The van der Waals surface area contributed by atoms with Gasteiger partial charge in [0.15, 0.2) is 5.92 Å². The van der Waals surface area contributed by atoms with Crippen LogP contribution in [-0.2, 0) is 23.9 Å².